The molecule has 0 aliphatic carbocycles. The third kappa shape index (κ3) is 3.80. The van der Waals surface area contributed by atoms with E-state index < -0.39 is 0 Å². The van der Waals surface area contributed by atoms with E-state index in [1.807, 2.05) is 36.7 Å². The van der Waals surface area contributed by atoms with Crippen molar-refractivity contribution in [1.82, 2.24) is 19.7 Å². The second-order valence-corrected chi connectivity index (χ2v) is 7.31. The lowest BCUT2D eigenvalue weighted by Crippen LogP contribution is -2.39. The molecule has 0 spiro atoms. The number of carbonyl (C=O) groups is 1. The van der Waals surface area contributed by atoms with E-state index in [0.29, 0.717) is 12.3 Å². The van der Waals surface area contributed by atoms with Crippen molar-refractivity contribution in [3.63, 3.8) is 0 Å². The van der Waals surface area contributed by atoms with Gasteiger partial charge in [0, 0.05) is 49.7 Å². The highest BCUT2D eigenvalue weighted by atomic mass is 32.1. The van der Waals surface area contributed by atoms with Gasteiger partial charge in [0.2, 0.25) is 5.91 Å². The van der Waals surface area contributed by atoms with E-state index in [-0.39, 0.29) is 5.91 Å². The summed E-state index contributed by atoms with van der Waals surface area (Å²) >= 11 is 1.72. The number of hydrogen-bond donors (Lipinski definition) is 0. The number of thiazole rings is 1. The minimum Gasteiger partial charge on any atom is -0.342 e. The molecule has 1 unspecified atom stereocenters. The summed E-state index contributed by atoms with van der Waals surface area (Å²) < 4.78 is 1.82. The molecule has 1 atom stereocenters. The highest BCUT2D eigenvalue weighted by molar-refractivity contribution is 7.09. The molecule has 3 rings (SSSR count). The molecule has 0 saturated carbocycles. The van der Waals surface area contributed by atoms with Gasteiger partial charge in [0.05, 0.1) is 10.7 Å². The average molecular weight is 332 g/mol. The predicted octanol–water partition coefficient (Wildman–Crippen LogP) is 2.83. The van der Waals surface area contributed by atoms with E-state index >= 15 is 0 Å². The first-order valence-corrected chi connectivity index (χ1v) is 9.10. The lowest BCUT2D eigenvalue weighted by Gasteiger charge is -2.32. The van der Waals surface area contributed by atoms with Gasteiger partial charge in [0.15, 0.2) is 0 Å². The maximum atomic E-state index is 12.6. The summed E-state index contributed by atoms with van der Waals surface area (Å²) in [4.78, 5) is 19.2. The van der Waals surface area contributed by atoms with Crippen molar-refractivity contribution in [1.29, 1.82) is 0 Å². The molecule has 6 heteroatoms. The molecule has 0 N–H and O–H groups in total. The lowest BCUT2D eigenvalue weighted by atomic mass is 9.98. The molecule has 1 amide bonds. The third-order valence-corrected chi connectivity index (χ3v) is 5.61. The second kappa shape index (κ2) is 6.83. The third-order valence-electron chi connectivity index (χ3n) is 4.48. The van der Waals surface area contributed by atoms with Gasteiger partial charge in [-0.1, -0.05) is 0 Å². The van der Waals surface area contributed by atoms with E-state index in [1.54, 1.807) is 11.3 Å². The van der Waals surface area contributed by atoms with Crippen LogP contribution in [0.15, 0.2) is 11.6 Å². The van der Waals surface area contributed by atoms with Crippen molar-refractivity contribution in [2.75, 3.05) is 13.1 Å². The van der Waals surface area contributed by atoms with Gasteiger partial charge in [-0.15, -0.1) is 11.3 Å². The number of likely N-dealkylation sites (tertiary alicyclic amines) is 1. The van der Waals surface area contributed by atoms with Crippen LogP contribution in [-0.2, 0) is 18.3 Å². The Morgan fingerprint density at radius 3 is 2.91 bits per heavy atom. The van der Waals surface area contributed by atoms with Crippen LogP contribution in [0.3, 0.4) is 0 Å². The molecule has 0 aromatic carbocycles. The maximum Gasteiger partial charge on any atom is 0.222 e. The molecule has 1 fully saturated rings. The van der Waals surface area contributed by atoms with Crippen LogP contribution in [0.2, 0.25) is 0 Å². The van der Waals surface area contributed by atoms with Crippen LogP contribution >= 0.6 is 11.3 Å². The molecule has 1 saturated heterocycles. The van der Waals surface area contributed by atoms with E-state index in [4.69, 9.17) is 0 Å². The Hall–Kier alpha value is -1.69. The Labute approximate surface area is 141 Å². The quantitative estimate of drug-likeness (QED) is 0.865. The molecule has 0 radical (unpaired) electrons. The number of aryl methyl sites for hydroxylation is 4. The van der Waals surface area contributed by atoms with E-state index in [9.17, 15) is 4.79 Å². The van der Waals surface area contributed by atoms with Gasteiger partial charge in [0.1, 0.15) is 0 Å². The van der Waals surface area contributed by atoms with Gasteiger partial charge in [-0.3, -0.25) is 9.48 Å². The van der Waals surface area contributed by atoms with Crippen molar-refractivity contribution < 1.29 is 4.79 Å². The summed E-state index contributed by atoms with van der Waals surface area (Å²) in [5.74, 6) is 0.665. The Balaban J connectivity index is 1.57. The summed E-state index contributed by atoms with van der Waals surface area (Å²) in [7, 11) is 1.92. The molecule has 124 valence electrons. The minimum absolute atomic E-state index is 0.256. The van der Waals surface area contributed by atoms with Crippen LogP contribution in [0.1, 0.15) is 47.1 Å². The monoisotopic (exact) mass is 332 g/mol. The number of hydrogen-bond acceptors (Lipinski definition) is 4. The number of piperidine rings is 1. The first-order valence-electron chi connectivity index (χ1n) is 8.22. The van der Waals surface area contributed by atoms with Crippen LogP contribution in [-0.4, -0.2) is 38.7 Å². The number of nitrogens with zero attached hydrogens (tertiary/aromatic N) is 4. The zero-order valence-corrected chi connectivity index (χ0v) is 14.9. The first kappa shape index (κ1) is 16.2. The average Bonchev–Trinajstić information content (AvgIpc) is 3.10. The Bertz CT molecular complexity index is 691. The molecule has 2 aromatic heterocycles. The predicted molar refractivity (Wildman–Crippen MR) is 91.7 cm³/mol. The Morgan fingerprint density at radius 2 is 2.26 bits per heavy atom. The highest BCUT2D eigenvalue weighted by Gasteiger charge is 2.26. The van der Waals surface area contributed by atoms with Crippen molar-refractivity contribution >= 4 is 17.2 Å². The fourth-order valence-electron chi connectivity index (χ4n) is 3.26. The minimum atomic E-state index is 0.256. The van der Waals surface area contributed by atoms with Crippen LogP contribution in [0.5, 0.6) is 0 Å². The zero-order valence-electron chi connectivity index (χ0n) is 14.1. The zero-order chi connectivity index (χ0) is 16.4. The number of aromatic nitrogens is 3. The lowest BCUT2D eigenvalue weighted by molar-refractivity contribution is -0.132. The van der Waals surface area contributed by atoms with Crippen molar-refractivity contribution in [2.24, 2.45) is 7.05 Å². The fourth-order valence-corrected chi connectivity index (χ4v) is 4.18. The smallest absolute Gasteiger partial charge is 0.222 e. The SMILES string of the molecule is Cc1csc(C2CCCN(C(=O)CCc3cn(C)nc3C)C2)n1. The van der Waals surface area contributed by atoms with E-state index in [1.165, 1.54) is 10.6 Å². The van der Waals surface area contributed by atoms with Crippen LogP contribution in [0, 0.1) is 13.8 Å². The normalized spacial score (nSPS) is 18.4. The van der Waals surface area contributed by atoms with E-state index in [2.05, 4.69) is 15.5 Å². The van der Waals surface area contributed by atoms with Gasteiger partial charge in [-0.2, -0.15) is 5.10 Å². The molecule has 23 heavy (non-hydrogen) atoms. The summed E-state index contributed by atoms with van der Waals surface area (Å²) in [6.07, 6.45) is 5.56. The van der Waals surface area contributed by atoms with Crippen molar-refractivity contribution in [2.45, 2.75) is 45.4 Å². The Kier molecular flexibility index (Phi) is 4.80. The number of amides is 1. The fraction of sp³-hybridized carbons (Fsp3) is 0.588. The van der Waals surface area contributed by atoms with Crippen molar-refractivity contribution in [3.8, 4) is 0 Å². The summed E-state index contributed by atoms with van der Waals surface area (Å²) in [5.41, 5.74) is 3.28. The van der Waals surface area contributed by atoms with Gasteiger partial charge < -0.3 is 4.90 Å². The molecule has 3 heterocycles. The van der Waals surface area contributed by atoms with Gasteiger partial charge >= 0.3 is 0 Å². The molecule has 1 aliphatic heterocycles. The summed E-state index contributed by atoms with van der Waals surface area (Å²) in [6.45, 7) is 5.73. The number of carbonyl (C=O) groups excluding carboxylic acids is 1. The molecule has 2 aromatic rings. The summed E-state index contributed by atoms with van der Waals surface area (Å²) in [6, 6.07) is 0. The first-order chi connectivity index (χ1) is 11.0. The number of rotatable bonds is 4. The van der Waals surface area contributed by atoms with Gasteiger partial charge in [-0.05, 0) is 38.7 Å². The van der Waals surface area contributed by atoms with Crippen LogP contribution in [0.25, 0.3) is 0 Å². The molecule has 0 bridgehead atoms. The highest BCUT2D eigenvalue weighted by Crippen LogP contribution is 2.29. The Morgan fingerprint density at radius 1 is 1.43 bits per heavy atom. The summed E-state index contributed by atoms with van der Waals surface area (Å²) in [5, 5.41) is 7.62. The van der Waals surface area contributed by atoms with Crippen LogP contribution in [0.4, 0.5) is 0 Å². The largest absolute Gasteiger partial charge is 0.342 e. The second-order valence-electron chi connectivity index (χ2n) is 6.42. The van der Waals surface area contributed by atoms with Crippen LogP contribution < -0.4 is 0 Å². The molecule has 5 nitrogen and oxygen atoms in total. The molecular formula is C17H24N4OS. The van der Waals surface area contributed by atoms with Crippen molar-refractivity contribution in [3.05, 3.63) is 33.5 Å². The van der Waals surface area contributed by atoms with E-state index in [0.717, 1.165) is 43.7 Å². The molecular weight excluding hydrogens is 308 g/mol. The van der Waals surface area contributed by atoms with Gasteiger partial charge in [0.25, 0.3) is 0 Å². The standard InChI is InChI=1S/C17H24N4OS/c1-12-11-23-17(18-12)15-5-4-8-21(10-15)16(22)7-6-14-9-20(3)19-13(14)2/h9,11,15H,4-8,10H2,1-3H3. The van der Waals surface area contributed by atoms with Gasteiger partial charge in [-0.25, -0.2) is 4.98 Å². The molecule has 1 aliphatic rings. The topological polar surface area (TPSA) is 51.0 Å². The maximum absolute atomic E-state index is 12.6.